The van der Waals surface area contributed by atoms with Crippen molar-refractivity contribution in [2.45, 2.75) is 25.9 Å². The van der Waals surface area contributed by atoms with E-state index < -0.39 is 0 Å². The number of nitrogens with zero attached hydrogens (tertiary/aromatic N) is 3. The Hall–Kier alpha value is -1.45. The summed E-state index contributed by atoms with van der Waals surface area (Å²) < 4.78 is 0. The summed E-state index contributed by atoms with van der Waals surface area (Å²) in [5, 5.41) is 0.449. The SMILES string of the molecule is Clc1cnc(CN2CCCc3ccccc3C2)cn1. The van der Waals surface area contributed by atoms with Crippen LogP contribution in [0, 0.1) is 0 Å². The number of benzene rings is 1. The molecule has 0 N–H and O–H groups in total. The summed E-state index contributed by atoms with van der Waals surface area (Å²) in [7, 11) is 0. The molecule has 19 heavy (non-hydrogen) atoms. The summed E-state index contributed by atoms with van der Waals surface area (Å²) in [6, 6.07) is 8.70. The highest BCUT2D eigenvalue weighted by Crippen LogP contribution is 2.19. The Balaban J connectivity index is 1.74. The van der Waals surface area contributed by atoms with Crippen LogP contribution in [0.3, 0.4) is 0 Å². The number of hydrogen-bond acceptors (Lipinski definition) is 3. The van der Waals surface area contributed by atoms with Gasteiger partial charge in [0.2, 0.25) is 0 Å². The van der Waals surface area contributed by atoms with Gasteiger partial charge in [-0.05, 0) is 30.5 Å². The van der Waals surface area contributed by atoms with E-state index in [1.54, 1.807) is 12.4 Å². The number of fused-ring (bicyclic) bond motifs is 1. The lowest BCUT2D eigenvalue weighted by Crippen LogP contribution is -2.23. The maximum Gasteiger partial charge on any atom is 0.147 e. The van der Waals surface area contributed by atoms with E-state index in [1.807, 2.05) is 0 Å². The largest absolute Gasteiger partial charge is 0.293 e. The molecule has 4 heteroatoms. The van der Waals surface area contributed by atoms with Gasteiger partial charge in [-0.1, -0.05) is 35.9 Å². The van der Waals surface area contributed by atoms with E-state index in [0.29, 0.717) is 5.15 Å². The fourth-order valence-corrected chi connectivity index (χ4v) is 2.65. The molecule has 1 aromatic carbocycles. The third-order valence-corrected chi connectivity index (χ3v) is 3.69. The van der Waals surface area contributed by atoms with Crippen LogP contribution in [0.5, 0.6) is 0 Å². The molecule has 1 aliphatic rings. The molecule has 0 bridgehead atoms. The van der Waals surface area contributed by atoms with Crippen molar-refractivity contribution in [3.05, 3.63) is 58.6 Å². The quantitative estimate of drug-likeness (QED) is 0.842. The maximum atomic E-state index is 5.76. The number of halogens is 1. The summed E-state index contributed by atoms with van der Waals surface area (Å²) in [6.07, 6.45) is 5.73. The number of aryl methyl sites for hydroxylation is 1. The zero-order valence-electron chi connectivity index (χ0n) is 10.7. The van der Waals surface area contributed by atoms with Gasteiger partial charge in [0.25, 0.3) is 0 Å². The van der Waals surface area contributed by atoms with Crippen molar-refractivity contribution in [2.24, 2.45) is 0 Å². The van der Waals surface area contributed by atoms with Crippen molar-refractivity contribution < 1.29 is 0 Å². The maximum absolute atomic E-state index is 5.76. The highest BCUT2D eigenvalue weighted by atomic mass is 35.5. The predicted molar refractivity (Wildman–Crippen MR) is 75.9 cm³/mol. The molecule has 0 fully saturated rings. The standard InChI is InChI=1S/C15H16ClN3/c16-15-9-17-14(8-18-15)11-19-7-3-6-12-4-1-2-5-13(12)10-19/h1-2,4-5,8-9H,3,6-7,10-11H2. The second-order valence-electron chi connectivity index (χ2n) is 4.91. The molecule has 0 spiro atoms. The third-order valence-electron chi connectivity index (χ3n) is 3.49. The van der Waals surface area contributed by atoms with Gasteiger partial charge >= 0.3 is 0 Å². The summed E-state index contributed by atoms with van der Waals surface area (Å²) in [5.41, 5.74) is 3.89. The molecule has 2 heterocycles. The minimum absolute atomic E-state index is 0.449. The van der Waals surface area contributed by atoms with Crippen LogP contribution in [0.25, 0.3) is 0 Å². The predicted octanol–water partition coefficient (Wildman–Crippen LogP) is 3.08. The Kier molecular flexibility index (Phi) is 3.76. The second-order valence-corrected chi connectivity index (χ2v) is 5.30. The first kappa shape index (κ1) is 12.6. The van der Waals surface area contributed by atoms with E-state index in [2.05, 4.69) is 39.1 Å². The normalized spacial score (nSPS) is 15.8. The molecule has 3 rings (SSSR count). The van der Waals surface area contributed by atoms with Gasteiger partial charge in [0.05, 0.1) is 18.1 Å². The van der Waals surface area contributed by atoms with Crippen molar-refractivity contribution in [2.75, 3.05) is 6.54 Å². The Bertz CT molecular complexity index is 554. The smallest absolute Gasteiger partial charge is 0.147 e. The van der Waals surface area contributed by atoms with Gasteiger partial charge in [-0.25, -0.2) is 4.98 Å². The lowest BCUT2D eigenvalue weighted by Gasteiger charge is -2.19. The minimum Gasteiger partial charge on any atom is -0.293 e. The molecule has 0 radical (unpaired) electrons. The second kappa shape index (κ2) is 5.68. The van der Waals surface area contributed by atoms with Gasteiger partial charge in [-0.3, -0.25) is 9.88 Å². The molecule has 0 saturated heterocycles. The molecule has 3 nitrogen and oxygen atoms in total. The van der Waals surface area contributed by atoms with Gasteiger partial charge in [0.15, 0.2) is 0 Å². The summed E-state index contributed by atoms with van der Waals surface area (Å²) >= 11 is 5.76. The average molecular weight is 274 g/mol. The fraction of sp³-hybridized carbons (Fsp3) is 0.333. The Morgan fingerprint density at radius 3 is 2.74 bits per heavy atom. The minimum atomic E-state index is 0.449. The average Bonchev–Trinajstić information content (AvgIpc) is 2.63. The van der Waals surface area contributed by atoms with Crippen molar-refractivity contribution in [3.8, 4) is 0 Å². The van der Waals surface area contributed by atoms with Gasteiger partial charge in [0, 0.05) is 13.1 Å². The van der Waals surface area contributed by atoms with Gasteiger partial charge in [-0.2, -0.15) is 0 Å². The first-order chi connectivity index (χ1) is 9.31. The van der Waals surface area contributed by atoms with E-state index in [0.717, 1.165) is 25.3 Å². The Morgan fingerprint density at radius 2 is 1.95 bits per heavy atom. The van der Waals surface area contributed by atoms with Crippen LogP contribution in [-0.2, 0) is 19.5 Å². The number of rotatable bonds is 2. The Morgan fingerprint density at radius 1 is 1.11 bits per heavy atom. The van der Waals surface area contributed by atoms with E-state index >= 15 is 0 Å². The molecular formula is C15H16ClN3. The van der Waals surface area contributed by atoms with E-state index in [1.165, 1.54) is 24.0 Å². The van der Waals surface area contributed by atoms with Crippen molar-refractivity contribution in [3.63, 3.8) is 0 Å². The molecular weight excluding hydrogens is 258 g/mol. The topological polar surface area (TPSA) is 29.0 Å². The van der Waals surface area contributed by atoms with Crippen LogP contribution in [0.4, 0.5) is 0 Å². The summed E-state index contributed by atoms with van der Waals surface area (Å²) in [4.78, 5) is 10.8. The van der Waals surface area contributed by atoms with Crippen LogP contribution in [-0.4, -0.2) is 21.4 Å². The van der Waals surface area contributed by atoms with E-state index in [-0.39, 0.29) is 0 Å². The van der Waals surface area contributed by atoms with E-state index in [4.69, 9.17) is 11.6 Å². The fourth-order valence-electron chi connectivity index (χ4n) is 2.55. The molecule has 1 aliphatic heterocycles. The lowest BCUT2D eigenvalue weighted by molar-refractivity contribution is 0.257. The number of aromatic nitrogens is 2. The van der Waals surface area contributed by atoms with Crippen LogP contribution in [0.2, 0.25) is 5.15 Å². The van der Waals surface area contributed by atoms with Crippen LogP contribution < -0.4 is 0 Å². The molecule has 0 unspecified atom stereocenters. The molecule has 0 aliphatic carbocycles. The van der Waals surface area contributed by atoms with Crippen LogP contribution in [0.1, 0.15) is 23.2 Å². The van der Waals surface area contributed by atoms with Gasteiger partial charge < -0.3 is 0 Å². The monoisotopic (exact) mass is 273 g/mol. The molecule has 0 atom stereocenters. The van der Waals surface area contributed by atoms with Crippen molar-refractivity contribution in [1.29, 1.82) is 0 Å². The van der Waals surface area contributed by atoms with Gasteiger partial charge in [0.1, 0.15) is 5.15 Å². The molecule has 98 valence electrons. The summed E-state index contributed by atoms with van der Waals surface area (Å²) in [5.74, 6) is 0. The summed E-state index contributed by atoms with van der Waals surface area (Å²) in [6.45, 7) is 2.91. The zero-order chi connectivity index (χ0) is 13.1. The van der Waals surface area contributed by atoms with Crippen LogP contribution in [0.15, 0.2) is 36.7 Å². The van der Waals surface area contributed by atoms with E-state index in [9.17, 15) is 0 Å². The highest BCUT2D eigenvalue weighted by molar-refractivity contribution is 6.29. The first-order valence-corrected chi connectivity index (χ1v) is 6.94. The zero-order valence-corrected chi connectivity index (χ0v) is 11.5. The van der Waals surface area contributed by atoms with Crippen molar-refractivity contribution >= 4 is 11.6 Å². The highest BCUT2D eigenvalue weighted by Gasteiger charge is 2.14. The first-order valence-electron chi connectivity index (χ1n) is 6.57. The molecule has 2 aromatic rings. The third kappa shape index (κ3) is 3.11. The Labute approximate surface area is 118 Å². The molecule has 1 aromatic heterocycles. The van der Waals surface area contributed by atoms with Crippen molar-refractivity contribution in [1.82, 2.24) is 14.9 Å². The molecule has 0 amide bonds. The number of hydrogen-bond donors (Lipinski definition) is 0. The lowest BCUT2D eigenvalue weighted by atomic mass is 10.0. The molecule has 0 saturated carbocycles. The van der Waals surface area contributed by atoms with Gasteiger partial charge in [-0.15, -0.1) is 0 Å². The van der Waals surface area contributed by atoms with Crippen LogP contribution >= 0.6 is 11.6 Å².